The van der Waals surface area contributed by atoms with E-state index >= 15 is 0 Å². The van der Waals surface area contributed by atoms with Crippen molar-refractivity contribution >= 4 is 5.97 Å². The van der Waals surface area contributed by atoms with Gasteiger partial charge in [-0.25, -0.2) is 4.79 Å². The fourth-order valence-corrected chi connectivity index (χ4v) is 3.31. The van der Waals surface area contributed by atoms with Crippen molar-refractivity contribution in [3.8, 4) is 0 Å². The zero-order valence-corrected chi connectivity index (χ0v) is 12.0. The van der Waals surface area contributed by atoms with Gasteiger partial charge in [-0.1, -0.05) is 32.9 Å². The molecule has 1 atom stereocenters. The number of benzene rings is 1. The van der Waals surface area contributed by atoms with E-state index in [1.165, 1.54) is 12.0 Å². The number of likely N-dealkylation sites (tertiary alicyclic amines) is 1. The van der Waals surface area contributed by atoms with Crippen LogP contribution in [0.2, 0.25) is 0 Å². The summed E-state index contributed by atoms with van der Waals surface area (Å²) in [6, 6.07) is 7.23. The van der Waals surface area contributed by atoms with Gasteiger partial charge in [0.15, 0.2) is 0 Å². The first kappa shape index (κ1) is 14.1. The Morgan fingerprint density at radius 2 is 2.00 bits per heavy atom. The van der Waals surface area contributed by atoms with Crippen LogP contribution in [0.4, 0.5) is 0 Å². The minimum atomic E-state index is -0.862. The Kier molecular flexibility index (Phi) is 3.95. The van der Waals surface area contributed by atoms with Gasteiger partial charge in [-0.2, -0.15) is 0 Å². The number of carbonyl (C=O) groups is 1. The van der Waals surface area contributed by atoms with E-state index in [1.54, 1.807) is 12.1 Å². The molecule has 3 nitrogen and oxygen atoms in total. The average molecular weight is 261 g/mol. The molecule has 0 amide bonds. The van der Waals surface area contributed by atoms with Crippen LogP contribution in [0.5, 0.6) is 0 Å². The van der Waals surface area contributed by atoms with Crippen molar-refractivity contribution in [2.24, 2.45) is 11.3 Å². The van der Waals surface area contributed by atoms with E-state index in [4.69, 9.17) is 5.11 Å². The maximum absolute atomic E-state index is 10.8. The highest BCUT2D eigenvalue weighted by Gasteiger charge is 2.30. The highest BCUT2D eigenvalue weighted by Crippen LogP contribution is 2.32. The van der Waals surface area contributed by atoms with Crippen LogP contribution in [0.25, 0.3) is 0 Å². The van der Waals surface area contributed by atoms with Gasteiger partial charge < -0.3 is 5.11 Å². The molecule has 3 heteroatoms. The Balaban J connectivity index is 2.02. The third-order valence-corrected chi connectivity index (χ3v) is 3.73. The zero-order valence-electron chi connectivity index (χ0n) is 12.0. The normalized spacial score (nSPS) is 23.2. The van der Waals surface area contributed by atoms with Gasteiger partial charge in [0, 0.05) is 19.6 Å². The van der Waals surface area contributed by atoms with Gasteiger partial charge in [-0.15, -0.1) is 0 Å². The number of nitrogens with zero attached hydrogens (tertiary/aromatic N) is 1. The molecule has 1 heterocycles. The number of hydrogen-bond donors (Lipinski definition) is 1. The third-order valence-electron chi connectivity index (χ3n) is 3.73. The van der Waals surface area contributed by atoms with Crippen LogP contribution in [0.15, 0.2) is 24.3 Å². The Morgan fingerprint density at radius 1 is 1.37 bits per heavy atom. The van der Waals surface area contributed by atoms with Crippen LogP contribution in [0.1, 0.15) is 43.1 Å². The first-order valence-corrected chi connectivity index (χ1v) is 6.90. The second kappa shape index (κ2) is 5.33. The molecule has 2 rings (SSSR count). The maximum atomic E-state index is 10.8. The van der Waals surface area contributed by atoms with E-state index in [2.05, 4.69) is 25.7 Å². The van der Waals surface area contributed by atoms with Crippen LogP contribution in [0, 0.1) is 11.3 Å². The topological polar surface area (TPSA) is 40.5 Å². The molecule has 19 heavy (non-hydrogen) atoms. The lowest BCUT2D eigenvalue weighted by Gasteiger charge is -2.41. The van der Waals surface area contributed by atoms with E-state index in [9.17, 15) is 4.79 Å². The van der Waals surface area contributed by atoms with Crippen LogP contribution in [-0.2, 0) is 6.54 Å². The first-order valence-electron chi connectivity index (χ1n) is 6.90. The first-order chi connectivity index (χ1) is 8.85. The monoisotopic (exact) mass is 261 g/mol. The molecule has 0 spiro atoms. The molecule has 104 valence electrons. The van der Waals surface area contributed by atoms with E-state index < -0.39 is 5.97 Å². The predicted molar refractivity (Wildman–Crippen MR) is 76.2 cm³/mol. The van der Waals surface area contributed by atoms with E-state index in [0.29, 0.717) is 11.0 Å². The van der Waals surface area contributed by atoms with Gasteiger partial charge in [0.2, 0.25) is 0 Å². The van der Waals surface area contributed by atoms with Crippen LogP contribution >= 0.6 is 0 Å². The van der Waals surface area contributed by atoms with Crippen LogP contribution < -0.4 is 0 Å². The summed E-state index contributed by atoms with van der Waals surface area (Å²) in [5.74, 6) is -0.138. The quantitative estimate of drug-likeness (QED) is 0.908. The summed E-state index contributed by atoms with van der Waals surface area (Å²) >= 11 is 0. The minimum Gasteiger partial charge on any atom is -0.478 e. The number of carboxylic acid groups (broad SMARTS) is 1. The van der Waals surface area contributed by atoms with Crippen molar-refractivity contribution in [2.75, 3.05) is 13.1 Å². The molecular weight excluding hydrogens is 238 g/mol. The van der Waals surface area contributed by atoms with Gasteiger partial charge in [-0.05, 0) is 35.4 Å². The van der Waals surface area contributed by atoms with E-state index in [1.807, 2.05) is 12.1 Å². The molecule has 1 aromatic carbocycles. The summed E-state index contributed by atoms with van der Waals surface area (Å²) in [7, 11) is 0. The number of rotatable bonds is 3. The average Bonchev–Trinajstić information content (AvgIpc) is 2.26. The molecule has 1 aromatic rings. The number of aromatic carboxylic acids is 1. The van der Waals surface area contributed by atoms with Gasteiger partial charge in [0.05, 0.1) is 5.56 Å². The molecule has 0 saturated carbocycles. The Morgan fingerprint density at radius 3 is 2.53 bits per heavy atom. The number of hydrogen-bond acceptors (Lipinski definition) is 2. The molecule has 1 unspecified atom stereocenters. The number of piperidine rings is 1. The lowest BCUT2D eigenvalue weighted by atomic mass is 9.79. The molecule has 0 aliphatic carbocycles. The number of carboxylic acids is 1. The zero-order chi connectivity index (χ0) is 14.0. The Labute approximate surface area is 115 Å². The summed E-state index contributed by atoms with van der Waals surface area (Å²) < 4.78 is 0. The molecule has 1 fully saturated rings. The molecule has 0 aromatic heterocycles. The van der Waals surface area contributed by atoms with Crippen molar-refractivity contribution in [3.05, 3.63) is 35.4 Å². The summed E-state index contributed by atoms with van der Waals surface area (Å²) in [6.07, 6.45) is 1.28. The van der Waals surface area contributed by atoms with Crippen molar-refractivity contribution in [3.63, 3.8) is 0 Å². The summed E-state index contributed by atoms with van der Waals surface area (Å²) in [4.78, 5) is 13.3. The van der Waals surface area contributed by atoms with Gasteiger partial charge >= 0.3 is 5.97 Å². The predicted octanol–water partition coefficient (Wildman–Crippen LogP) is 3.25. The molecule has 1 aliphatic rings. The van der Waals surface area contributed by atoms with Crippen LogP contribution in [-0.4, -0.2) is 29.1 Å². The van der Waals surface area contributed by atoms with Gasteiger partial charge in [0.25, 0.3) is 0 Å². The third kappa shape index (κ3) is 3.80. The lowest BCUT2D eigenvalue weighted by Crippen LogP contribution is -2.43. The highest BCUT2D eigenvalue weighted by atomic mass is 16.4. The SMILES string of the molecule is CC1CN(Cc2ccc(C(=O)O)cc2)CC(C)(C)C1. The Bertz CT molecular complexity index is 450. The van der Waals surface area contributed by atoms with Gasteiger partial charge in [0.1, 0.15) is 0 Å². The standard InChI is InChI=1S/C16H23NO2/c1-12-8-16(2,3)11-17(9-12)10-13-4-6-14(7-5-13)15(18)19/h4-7,12H,8-11H2,1-3H3,(H,18,19). The Hall–Kier alpha value is -1.35. The van der Waals surface area contributed by atoms with Crippen molar-refractivity contribution in [1.29, 1.82) is 0 Å². The molecule has 1 N–H and O–H groups in total. The summed E-state index contributed by atoms with van der Waals surface area (Å²) in [5.41, 5.74) is 1.92. The minimum absolute atomic E-state index is 0.357. The fourth-order valence-electron chi connectivity index (χ4n) is 3.31. The molecule has 0 radical (unpaired) electrons. The van der Waals surface area contributed by atoms with Gasteiger partial charge in [-0.3, -0.25) is 4.90 Å². The van der Waals surface area contributed by atoms with E-state index in [-0.39, 0.29) is 0 Å². The molecule has 1 aliphatic heterocycles. The fraction of sp³-hybridized carbons (Fsp3) is 0.562. The maximum Gasteiger partial charge on any atom is 0.335 e. The second-order valence-electron chi connectivity index (χ2n) is 6.65. The smallest absolute Gasteiger partial charge is 0.335 e. The molecular formula is C16H23NO2. The molecule has 1 saturated heterocycles. The van der Waals surface area contributed by atoms with Crippen molar-refractivity contribution in [1.82, 2.24) is 4.90 Å². The second-order valence-corrected chi connectivity index (χ2v) is 6.65. The van der Waals surface area contributed by atoms with Crippen molar-refractivity contribution < 1.29 is 9.90 Å². The largest absolute Gasteiger partial charge is 0.478 e. The lowest BCUT2D eigenvalue weighted by molar-refractivity contribution is 0.0697. The summed E-state index contributed by atoms with van der Waals surface area (Å²) in [6.45, 7) is 10.1. The van der Waals surface area contributed by atoms with E-state index in [0.717, 1.165) is 25.6 Å². The molecule has 0 bridgehead atoms. The van der Waals surface area contributed by atoms with Crippen LogP contribution in [0.3, 0.4) is 0 Å². The van der Waals surface area contributed by atoms with Crippen molar-refractivity contribution in [2.45, 2.75) is 33.7 Å². The highest BCUT2D eigenvalue weighted by molar-refractivity contribution is 5.87. The summed E-state index contributed by atoms with van der Waals surface area (Å²) in [5, 5.41) is 8.89.